The third kappa shape index (κ3) is 5.43. The molecule has 1 atom stereocenters. The molecule has 1 amide bonds. The van der Waals surface area contributed by atoms with E-state index < -0.39 is 16.1 Å². The lowest BCUT2D eigenvalue weighted by atomic mass is 10.1. The number of carbonyl (C=O) groups is 1. The van der Waals surface area contributed by atoms with E-state index in [9.17, 15) is 13.2 Å². The van der Waals surface area contributed by atoms with E-state index in [0.29, 0.717) is 31.1 Å². The lowest BCUT2D eigenvalue weighted by Gasteiger charge is -2.29. The highest BCUT2D eigenvalue weighted by atomic mass is 32.2. The molecule has 1 aromatic heterocycles. The first kappa shape index (κ1) is 25.8. The summed E-state index contributed by atoms with van der Waals surface area (Å²) in [7, 11) is 0.230. The van der Waals surface area contributed by atoms with Gasteiger partial charge in [0.25, 0.3) is 0 Å². The summed E-state index contributed by atoms with van der Waals surface area (Å²) >= 11 is 1.51. The third-order valence-corrected chi connectivity index (χ3v) is 9.56. The fourth-order valence-corrected chi connectivity index (χ4v) is 7.32. The molecule has 0 saturated carbocycles. The molecule has 188 valence electrons. The third-order valence-electron chi connectivity index (χ3n) is 6.41. The van der Waals surface area contributed by atoms with Gasteiger partial charge in [-0.3, -0.25) is 9.69 Å². The fourth-order valence-electron chi connectivity index (χ4n) is 4.63. The molecule has 4 rings (SSSR count). The van der Waals surface area contributed by atoms with Gasteiger partial charge in [-0.2, -0.15) is 4.31 Å². The molecule has 1 unspecified atom stereocenters. The molecular formula is C26H34N4O3S2. The van der Waals surface area contributed by atoms with Gasteiger partial charge in [-0.05, 0) is 90.0 Å². The first-order valence-corrected chi connectivity index (χ1v) is 14.3. The maximum Gasteiger partial charge on any atom is 0.247 e. The van der Waals surface area contributed by atoms with Crippen LogP contribution in [0.4, 0.5) is 5.13 Å². The molecule has 0 bridgehead atoms. The van der Waals surface area contributed by atoms with E-state index in [2.05, 4.69) is 17.9 Å². The van der Waals surface area contributed by atoms with Gasteiger partial charge in [0, 0.05) is 13.1 Å². The Morgan fingerprint density at radius 3 is 2.49 bits per heavy atom. The molecule has 2 aromatic carbocycles. The van der Waals surface area contributed by atoms with Crippen molar-refractivity contribution < 1.29 is 13.2 Å². The van der Waals surface area contributed by atoms with Crippen molar-refractivity contribution in [1.82, 2.24) is 14.2 Å². The zero-order chi connectivity index (χ0) is 25.3. The number of carbonyl (C=O) groups excluding carboxylic acids is 1. The quantitative estimate of drug-likeness (QED) is 0.447. The van der Waals surface area contributed by atoms with Crippen LogP contribution in [0.15, 0.2) is 41.3 Å². The van der Waals surface area contributed by atoms with Crippen molar-refractivity contribution >= 4 is 42.6 Å². The minimum Gasteiger partial charge on any atom is -0.309 e. The summed E-state index contributed by atoms with van der Waals surface area (Å²) in [6.07, 6.45) is 1.94. The molecular weight excluding hydrogens is 480 g/mol. The Morgan fingerprint density at radius 2 is 1.80 bits per heavy atom. The van der Waals surface area contributed by atoms with E-state index in [1.807, 2.05) is 34.0 Å². The Balaban J connectivity index is 1.68. The number of sulfonamides is 1. The van der Waals surface area contributed by atoms with Gasteiger partial charge >= 0.3 is 0 Å². The zero-order valence-electron chi connectivity index (χ0n) is 21.1. The molecule has 1 aliphatic heterocycles. The van der Waals surface area contributed by atoms with Gasteiger partial charge in [-0.15, -0.1) is 0 Å². The van der Waals surface area contributed by atoms with E-state index in [4.69, 9.17) is 4.98 Å². The largest absolute Gasteiger partial charge is 0.309 e. The van der Waals surface area contributed by atoms with Crippen molar-refractivity contribution in [3.63, 3.8) is 0 Å². The monoisotopic (exact) mass is 514 g/mol. The summed E-state index contributed by atoms with van der Waals surface area (Å²) in [6.45, 7) is 7.68. The topological polar surface area (TPSA) is 73.8 Å². The van der Waals surface area contributed by atoms with E-state index >= 15 is 0 Å². The van der Waals surface area contributed by atoms with Crippen molar-refractivity contribution in [2.45, 2.75) is 51.0 Å². The molecule has 0 spiro atoms. The van der Waals surface area contributed by atoms with Crippen LogP contribution in [0, 0.1) is 20.8 Å². The number of fused-ring (bicyclic) bond motifs is 1. The van der Waals surface area contributed by atoms with Gasteiger partial charge < -0.3 is 4.90 Å². The van der Waals surface area contributed by atoms with Crippen LogP contribution in [0.3, 0.4) is 0 Å². The summed E-state index contributed by atoms with van der Waals surface area (Å²) in [4.78, 5) is 22.8. The second-order valence-corrected chi connectivity index (χ2v) is 12.5. The SMILES string of the molecule is Cc1ccc(S(=O)(=O)N2CCCC2C(=O)N(CCCN(C)C)c2nc3cc(C)cc(C)c3s2)cc1. The van der Waals surface area contributed by atoms with Crippen LogP contribution in [0.1, 0.15) is 36.0 Å². The number of thiazole rings is 1. The number of rotatable bonds is 8. The van der Waals surface area contributed by atoms with Crippen LogP contribution in [0.5, 0.6) is 0 Å². The molecule has 1 fully saturated rings. The summed E-state index contributed by atoms with van der Waals surface area (Å²) in [5.41, 5.74) is 4.13. The lowest BCUT2D eigenvalue weighted by Crippen LogP contribution is -2.48. The standard InChI is InChI=1S/C26H34N4O3S2/c1-18-9-11-21(12-10-18)35(32,33)30-15-6-8-23(30)25(31)29(14-7-13-28(4)5)26-27-22-17-19(2)16-20(3)24(22)34-26/h9-12,16-17,23H,6-8,13-15H2,1-5H3. The van der Waals surface area contributed by atoms with E-state index in [-0.39, 0.29) is 10.8 Å². The smallest absolute Gasteiger partial charge is 0.247 e. The normalized spacial score (nSPS) is 16.9. The maximum absolute atomic E-state index is 14.0. The second-order valence-electron chi connectivity index (χ2n) is 9.66. The molecule has 7 nitrogen and oxygen atoms in total. The highest BCUT2D eigenvalue weighted by Crippen LogP contribution is 2.34. The Kier molecular flexibility index (Phi) is 7.61. The van der Waals surface area contributed by atoms with Crippen LogP contribution in [-0.2, 0) is 14.8 Å². The van der Waals surface area contributed by atoms with Crippen molar-refractivity contribution in [2.24, 2.45) is 0 Å². The van der Waals surface area contributed by atoms with E-state index in [1.165, 1.54) is 15.6 Å². The highest BCUT2D eigenvalue weighted by Gasteiger charge is 2.42. The number of benzene rings is 2. The second kappa shape index (κ2) is 10.3. The van der Waals surface area contributed by atoms with Crippen LogP contribution in [0.2, 0.25) is 0 Å². The lowest BCUT2D eigenvalue weighted by molar-refractivity contribution is -0.121. The van der Waals surface area contributed by atoms with Gasteiger partial charge in [0.1, 0.15) is 6.04 Å². The molecule has 3 aromatic rings. The summed E-state index contributed by atoms with van der Waals surface area (Å²) in [6, 6.07) is 10.3. The van der Waals surface area contributed by atoms with Crippen LogP contribution in [0.25, 0.3) is 10.2 Å². The van der Waals surface area contributed by atoms with Crippen molar-refractivity contribution in [2.75, 3.05) is 38.6 Å². The van der Waals surface area contributed by atoms with Crippen molar-refractivity contribution in [3.8, 4) is 0 Å². The first-order chi connectivity index (χ1) is 16.6. The number of aromatic nitrogens is 1. The number of nitrogens with zero attached hydrogens (tertiary/aromatic N) is 4. The summed E-state index contributed by atoms with van der Waals surface area (Å²) < 4.78 is 29.4. The van der Waals surface area contributed by atoms with E-state index in [1.54, 1.807) is 29.2 Å². The minimum absolute atomic E-state index is 0.189. The maximum atomic E-state index is 14.0. The Bertz CT molecular complexity index is 1320. The van der Waals surface area contributed by atoms with Crippen LogP contribution >= 0.6 is 11.3 Å². The van der Waals surface area contributed by atoms with E-state index in [0.717, 1.165) is 39.9 Å². The zero-order valence-corrected chi connectivity index (χ0v) is 22.7. The minimum atomic E-state index is -3.78. The van der Waals surface area contributed by atoms with Gasteiger partial charge in [0.05, 0.1) is 15.1 Å². The molecule has 1 aliphatic rings. The number of anilines is 1. The van der Waals surface area contributed by atoms with Gasteiger partial charge in [0.2, 0.25) is 15.9 Å². The van der Waals surface area contributed by atoms with Gasteiger partial charge in [-0.25, -0.2) is 13.4 Å². The molecule has 2 heterocycles. The van der Waals surface area contributed by atoms with Gasteiger partial charge in [0.15, 0.2) is 5.13 Å². The number of hydrogen-bond acceptors (Lipinski definition) is 6. The molecule has 0 N–H and O–H groups in total. The number of amides is 1. The summed E-state index contributed by atoms with van der Waals surface area (Å²) in [5.74, 6) is -0.189. The Labute approximate surface area is 212 Å². The summed E-state index contributed by atoms with van der Waals surface area (Å²) in [5, 5.41) is 0.636. The highest BCUT2D eigenvalue weighted by molar-refractivity contribution is 7.89. The molecule has 0 radical (unpaired) electrons. The van der Waals surface area contributed by atoms with Crippen molar-refractivity contribution in [1.29, 1.82) is 0 Å². The predicted octanol–water partition coefficient (Wildman–Crippen LogP) is 4.36. The average molecular weight is 515 g/mol. The van der Waals surface area contributed by atoms with Crippen LogP contribution < -0.4 is 4.90 Å². The van der Waals surface area contributed by atoms with Crippen LogP contribution in [-0.4, -0.2) is 68.3 Å². The van der Waals surface area contributed by atoms with Gasteiger partial charge in [-0.1, -0.05) is 35.1 Å². The Hall–Kier alpha value is -2.33. The number of hydrogen-bond donors (Lipinski definition) is 0. The average Bonchev–Trinajstić information content (AvgIpc) is 3.44. The fraction of sp³-hybridized carbons (Fsp3) is 0.462. The Morgan fingerprint density at radius 1 is 1.09 bits per heavy atom. The number of aryl methyl sites for hydroxylation is 3. The molecule has 0 aliphatic carbocycles. The first-order valence-electron chi connectivity index (χ1n) is 12.0. The molecule has 9 heteroatoms. The van der Waals surface area contributed by atoms with Crippen molar-refractivity contribution in [3.05, 3.63) is 53.1 Å². The molecule has 1 saturated heterocycles. The molecule has 35 heavy (non-hydrogen) atoms. The predicted molar refractivity (Wildman–Crippen MR) is 143 cm³/mol.